The molecule has 4 heteroatoms. The van der Waals surface area contributed by atoms with Gasteiger partial charge in [-0.1, -0.05) is 0 Å². The van der Waals surface area contributed by atoms with E-state index in [1.165, 1.54) is 5.01 Å². The molecule has 0 aromatic carbocycles. The van der Waals surface area contributed by atoms with Crippen molar-refractivity contribution in [3.8, 4) is 0 Å². The first-order valence-electron chi connectivity index (χ1n) is 3.86. The van der Waals surface area contributed by atoms with E-state index in [0.717, 1.165) is 18.7 Å². The average Bonchev–Trinajstić information content (AvgIpc) is 2.48. The SMILES string of the molecule is CN(C)CCc1nc(CCl)cs1. The molecule has 0 aliphatic rings. The monoisotopic (exact) mass is 204 g/mol. The van der Waals surface area contributed by atoms with Crippen LogP contribution >= 0.6 is 22.9 Å². The van der Waals surface area contributed by atoms with E-state index in [1.807, 2.05) is 5.38 Å². The van der Waals surface area contributed by atoms with Crippen molar-refractivity contribution in [3.05, 3.63) is 16.1 Å². The Morgan fingerprint density at radius 2 is 2.33 bits per heavy atom. The van der Waals surface area contributed by atoms with Gasteiger partial charge in [-0.15, -0.1) is 22.9 Å². The summed E-state index contributed by atoms with van der Waals surface area (Å²) in [6.07, 6.45) is 1.02. The maximum Gasteiger partial charge on any atom is 0.0941 e. The number of aromatic nitrogens is 1. The van der Waals surface area contributed by atoms with Crippen LogP contribution in [0.3, 0.4) is 0 Å². The van der Waals surface area contributed by atoms with Gasteiger partial charge in [0.2, 0.25) is 0 Å². The number of halogens is 1. The van der Waals surface area contributed by atoms with Crippen LogP contribution in [0.4, 0.5) is 0 Å². The molecule has 2 nitrogen and oxygen atoms in total. The predicted molar refractivity (Wildman–Crippen MR) is 53.9 cm³/mol. The molecular weight excluding hydrogens is 192 g/mol. The summed E-state index contributed by atoms with van der Waals surface area (Å²) in [7, 11) is 4.13. The first-order chi connectivity index (χ1) is 5.72. The van der Waals surface area contributed by atoms with Crippen LogP contribution in [0, 0.1) is 0 Å². The standard InChI is InChI=1S/C8H13ClN2S/c1-11(2)4-3-8-10-7(5-9)6-12-8/h6H,3-5H2,1-2H3. The Morgan fingerprint density at radius 3 is 2.83 bits per heavy atom. The summed E-state index contributed by atoms with van der Waals surface area (Å²) < 4.78 is 0. The summed E-state index contributed by atoms with van der Waals surface area (Å²) in [6.45, 7) is 1.05. The largest absolute Gasteiger partial charge is 0.309 e. The highest BCUT2D eigenvalue weighted by Crippen LogP contribution is 2.11. The summed E-state index contributed by atoms with van der Waals surface area (Å²) in [6, 6.07) is 0. The lowest BCUT2D eigenvalue weighted by atomic mass is 10.4. The fourth-order valence-electron chi connectivity index (χ4n) is 0.844. The Labute approximate surface area is 82.2 Å². The Bertz CT molecular complexity index is 235. The summed E-state index contributed by atoms with van der Waals surface area (Å²) in [5, 5.41) is 3.21. The summed E-state index contributed by atoms with van der Waals surface area (Å²) >= 11 is 7.33. The third-order valence-electron chi connectivity index (χ3n) is 1.51. The number of likely N-dealkylation sites (N-methyl/N-ethyl adjacent to an activating group) is 1. The highest BCUT2D eigenvalue weighted by atomic mass is 35.5. The third kappa shape index (κ3) is 3.09. The van der Waals surface area contributed by atoms with Crippen molar-refractivity contribution >= 4 is 22.9 Å². The van der Waals surface area contributed by atoms with Crippen molar-refractivity contribution in [3.63, 3.8) is 0 Å². The van der Waals surface area contributed by atoms with Crippen molar-refractivity contribution < 1.29 is 0 Å². The number of rotatable bonds is 4. The van der Waals surface area contributed by atoms with Crippen LogP contribution in [0.2, 0.25) is 0 Å². The van der Waals surface area contributed by atoms with E-state index in [9.17, 15) is 0 Å². The van der Waals surface area contributed by atoms with E-state index < -0.39 is 0 Å². The second-order valence-corrected chi connectivity index (χ2v) is 4.13. The van der Waals surface area contributed by atoms with Gasteiger partial charge in [0.05, 0.1) is 16.6 Å². The van der Waals surface area contributed by atoms with Gasteiger partial charge in [0.15, 0.2) is 0 Å². The fraction of sp³-hybridized carbons (Fsp3) is 0.625. The average molecular weight is 205 g/mol. The van der Waals surface area contributed by atoms with Gasteiger partial charge in [0, 0.05) is 18.3 Å². The number of thiazole rings is 1. The molecule has 1 heterocycles. The summed E-state index contributed by atoms with van der Waals surface area (Å²) in [4.78, 5) is 6.52. The minimum atomic E-state index is 0.526. The normalized spacial score (nSPS) is 11.0. The highest BCUT2D eigenvalue weighted by molar-refractivity contribution is 7.09. The Morgan fingerprint density at radius 1 is 1.58 bits per heavy atom. The van der Waals surface area contributed by atoms with E-state index in [4.69, 9.17) is 11.6 Å². The molecule has 0 radical (unpaired) electrons. The number of alkyl halides is 1. The quantitative estimate of drug-likeness (QED) is 0.698. The van der Waals surface area contributed by atoms with Crippen LogP contribution in [-0.2, 0) is 12.3 Å². The van der Waals surface area contributed by atoms with Crippen LogP contribution < -0.4 is 0 Å². The van der Waals surface area contributed by atoms with Gasteiger partial charge in [-0.05, 0) is 14.1 Å². The lowest BCUT2D eigenvalue weighted by molar-refractivity contribution is 0.413. The zero-order chi connectivity index (χ0) is 8.97. The summed E-state index contributed by atoms with van der Waals surface area (Å²) in [5.74, 6) is 0.526. The van der Waals surface area contributed by atoms with Crippen molar-refractivity contribution in [2.75, 3.05) is 20.6 Å². The van der Waals surface area contributed by atoms with Crippen molar-refractivity contribution in [1.82, 2.24) is 9.88 Å². The van der Waals surface area contributed by atoms with E-state index in [1.54, 1.807) is 11.3 Å². The molecule has 1 aromatic heterocycles. The van der Waals surface area contributed by atoms with E-state index in [2.05, 4.69) is 24.0 Å². The van der Waals surface area contributed by atoms with Gasteiger partial charge in [-0.25, -0.2) is 4.98 Å². The molecule has 0 fully saturated rings. The molecule has 0 amide bonds. The predicted octanol–water partition coefficient (Wildman–Crippen LogP) is 1.99. The van der Waals surface area contributed by atoms with Crippen LogP contribution in [-0.4, -0.2) is 30.5 Å². The molecule has 0 bridgehead atoms. The molecule has 0 saturated heterocycles. The van der Waals surface area contributed by atoms with E-state index >= 15 is 0 Å². The summed E-state index contributed by atoms with van der Waals surface area (Å²) in [5.41, 5.74) is 0.996. The molecule has 0 N–H and O–H groups in total. The fourth-order valence-corrected chi connectivity index (χ4v) is 1.86. The maximum absolute atomic E-state index is 5.64. The molecule has 0 spiro atoms. The maximum atomic E-state index is 5.64. The molecule has 68 valence electrons. The topological polar surface area (TPSA) is 16.1 Å². The Hall–Kier alpha value is -0.120. The Balaban J connectivity index is 2.41. The first-order valence-corrected chi connectivity index (χ1v) is 5.27. The van der Waals surface area contributed by atoms with Crippen molar-refractivity contribution in [2.24, 2.45) is 0 Å². The van der Waals surface area contributed by atoms with Crippen molar-refractivity contribution in [1.29, 1.82) is 0 Å². The minimum Gasteiger partial charge on any atom is -0.309 e. The number of hydrogen-bond acceptors (Lipinski definition) is 3. The van der Waals surface area contributed by atoms with Gasteiger partial charge in [0.1, 0.15) is 0 Å². The Kier molecular flexibility index (Phi) is 3.98. The van der Waals surface area contributed by atoms with E-state index in [0.29, 0.717) is 5.88 Å². The highest BCUT2D eigenvalue weighted by Gasteiger charge is 2.00. The van der Waals surface area contributed by atoms with Gasteiger partial charge in [-0.3, -0.25) is 0 Å². The second kappa shape index (κ2) is 4.80. The zero-order valence-electron chi connectivity index (χ0n) is 7.38. The molecule has 1 rings (SSSR count). The third-order valence-corrected chi connectivity index (χ3v) is 2.74. The lowest BCUT2D eigenvalue weighted by Crippen LogP contribution is -2.14. The molecule has 0 unspecified atom stereocenters. The molecule has 1 aromatic rings. The van der Waals surface area contributed by atoms with Crippen LogP contribution in [0.5, 0.6) is 0 Å². The van der Waals surface area contributed by atoms with Gasteiger partial charge in [0.25, 0.3) is 0 Å². The molecule has 0 atom stereocenters. The van der Waals surface area contributed by atoms with Gasteiger partial charge >= 0.3 is 0 Å². The molecule has 0 aliphatic heterocycles. The number of nitrogens with zero attached hydrogens (tertiary/aromatic N) is 2. The molecule has 12 heavy (non-hydrogen) atoms. The molecular formula is C8H13ClN2S. The molecule has 0 aliphatic carbocycles. The van der Waals surface area contributed by atoms with Crippen molar-refractivity contribution in [2.45, 2.75) is 12.3 Å². The smallest absolute Gasteiger partial charge is 0.0941 e. The van der Waals surface area contributed by atoms with Crippen LogP contribution in [0.1, 0.15) is 10.7 Å². The zero-order valence-corrected chi connectivity index (χ0v) is 8.95. The van der Waals surface area contributed by atoms with Crippen LogP contribution in [0.25, 0.3) is 0 Å². The second-order valence-electron chi connectivity index (χ2n) is 2.92. The molecule has 0 saturated carbocycles. The first kappa shape index (κ1) is 9.96. The number of hydrogen-bond donors (Lipinski definition) is 0. The minimum absolute atomic E-state index is 0.526. The van der Waals surface area contributed by atoms with Gasteiger partial charge < -0.3 is 4.90 Å². The van der Waals surface area contributed by atoms with Crippen LogP contribution in [0.15, 0.2) is 5.38 Å². The lowest BCUT2D eigenvalue weighted by Gasteiger charge is -2.06. The van der Waals surface area contributed by atoms with E-state index in [-0.39, 0.29) is 0 Å². The van der Waals surface area contributed by atoms with Gasteiger partial charge in [-0.2, -0.15) is 0 Å².